The Labute approximate surface area is 214 Å². The minimum Gasteiger partial charge on any atom is -0.495 e. The van der Waals surface area contributed by atoms with Gasteiger partial charge in [-0.3, -0.25) is 9.10 Å². The van der Waals surface area contributed by atoms with Gasteiger partial charge in [0.05, 0.1) is 23.4 Å². The lowest BCUT2D eigenvalue weighted by molar-refractivity contribution is 0.102. The number of nitrogens with zero attached hydrogens (tertiary/aromatic N) is 1. The van der Waals surface area contributed by atoms with E-state index in [2.05, 4.69) is 5.32 Å². The maximum absolute atomic E-state index is 13.6. The van der Waals surface area contributed by atoms with E-state index in [0.717, 1.165) is 34.8 Å². The normalized spacial score (nSPS) is 13.5. The van der Waals surface area contributed by atoms with Crippen LogP contribution in [0.4, 0.5) is 11.4 Å². The fraction of sp³-hybridized carbons (Fsp3) is 0.138. The van der Waals surface area contributed by atoms with Gasteiger partial charge in [-0.15, -0.1) is 0 Å². The lowest BCUT2D eigenvalue weighted by Gasteiger charge is -2.30. The molecule has 0 fully saturated rings. The molecule has 0 radical (unpaired) electrons. The van der Waals surface area contributed by atoms with Crippen LogP contribution in [-0.2, 0) is 16.4 Å². The molecule has 0 spiro atoms. The number of fused-ring (bicyclic) bond motifs is 4. The number of sulfonamides is 1. The number of methoxy groups -OCH3 is 1. The number of para-hydroxylation sites is 2. The van der Waals surface area contributed by atoms with E-state index in [1.165, 1.54) is 23.5 Å². The molecule has 4 aromatic carbocycles. The third-order valence-corrected chi connectivity index (χ3v) is 8.51. The van der Waals surface area contributed by atoms with E-state index in [1.807, 2.05) is 54.6 Å². The van der Waals surface area contributed by atoms with Crippen molar-refractivity contribution in [3.05, 3.63) is 96.1 Å². The summed E-state index contributed by atoms with van der Waals surface area (Å²) in [4.78, 5) is 13.3. The fourth-order valence-electron chi connectivity index (χ4n) is 4.89. The Morgan fingerprint density at radius 3 is 2.59 bits per heavy atom. The highest BCUT2D eigenvalue weighted by Gasteiger charge is 2.29. The van der Waals surface area contributed by atoms with Crippen molar-refractivity contribution in [2.45, 2.75) is 17.7 Å². The van der Waals surface area contributed by atoms with Gasteiger partial charge in [-0.05, 0) is 54.8 Å². The molecule has 5 aromatic rings. The molecule has 1 aliphatic heterocycles. The molecule has 0 aliphatic carbocycles. The van der Waals surface area contributed by atoms with Gasteiger partial charge >= 0.3 is 0 Å². The number of benzene rings is 4. The van der Waals surface area contributed by atoms with Crippen molar-refractivity contribution in [3.63, 3.8) is 0 Å². The predicted octanol–water partition coefficient (Wildman–Crippen LogP) is 5.99. The highest BCUT2D eigenvalue weighted by molar-refractivity contribution is 7.92. The first kappa shape index (κ1) is 23.1. The summed E-state index contributed by atoms with van der Waals surface area (Å²) in [5, 5.41) is 4.68. The molecule has 0 atom stereocenters. The van der Waals surface area contributed by atoms with Crippen LogP contribution < -0.4 is 14.4 Å². The molecule has 0 saturated heterocycles. The number of carbonyl (C=O) groups is 1. The standard InChI is InChI=1S/C29H24N2O5S/c1-35-28-17-23-22-12-3-5-14-26(22)36-27(23)18-24(28)30-29(32)20-9-6-11-21(16-20)37(33,34)31-15-7-10-19-8-2-4-13-25(19)31/h2-6,8-9,11-14,16-18H,7,10,15H2,1H3,(H,30,32). The van der Waals surface area contributed by atoms with Crippen LogP contribution in [-0.4, -0.2) is 28.0 Å². The van der Waals surface area contributed by atoms with Crippen molar-refractivity contribution in [1.82, 2.24) is 0 Å². The van der Waals surface area contributed by atoms with Crippen molar-refractivity contribution in [2.24, 2.45) is 0 Å². The zero-order valence-corrected chi connectivity index (χ0v) is 20.9. The zero-order chi connectivity index (χ0) is 25.6. The molecule has 6 rings (SSSR count). The number of furan rings is 1. The molecular formula is C29H24N2O5S. The Bertz CT molecular complexity index is 1770. The van der Waals surface area contributed by atoms with Crippen molar-refractivity contribution in [3.8, 4) is 5.75 Å². The molecule has 1 N–H and O–H groups in total. The number of nitrogens with one attached hydrogen (secondary N) is 1. The molecule has 8 heteroatoms. The Hall–Kier alpha value is -4.30. The monoisotopic (exact) mass is 512 g/mol. The minimum absolute atomic E-state index is 0.0663. The molecule has 0 bridgehead atoms. The molecule has 1 aromatic heterocycles. The smallest absolute Gasteiger partial charge is 0.264 e. The quantitative estimate of drug-likeness (QED) is 0.313. The third kappa shape index (κ3) is 3.99. The van der Waals surface area contributed by atoms with Gasteiger partial charge in [-0.25, -0.2) is 8.42 Å². The van der Waals surface area contributed by atoms with Crippen LogP contribution in [0.25, 0.3) is 21.9 Å². The van der Waals surface area contributed by atoms with E-state index in [1.54, 1.807) is 18.2 Å². The number of ether oxygens (including phenoxy) is 1. The number of amides is 1. The first-order valence-electron chi connectivity index (χ1n) is 12.0. The summed E-state index contributed by atoms with van der Waals surface area (Å²) in [6.45, 7) is 0.393. The Balaban J connectivity index is 1.33. The van der Waals surface area contributed by atoms with Gasteiger partial charge in [0.1, 0.15) is 16.9 Å². The Morgan fingerprint density at radius 2 is 1.73 bits per heavy atom. The molecule has 0 saturated carbocycles. The first-order valence-corrected chi connectivity index (χ1v) is 13.4. The summed E-state index contributed by atoms with van der Waals surface area (Å²) >= 11 is 0. The number of carbonyl (C=O) groups excluding carboxylic acids is 1. The average molecular weight is 513 g/mol. The average Bonchev–Trinajstić information content (AvgIpc) is 3.29. The van der Waals surface area contributed by atoms with Crippen LogP contribution in [0.5, 0.6) is 5.75 Å². The predicted molar refractivity (Wildman–Crippen MR) is 144 cm³/mol. The summed E-state index contributed by atoms with van der Waals surface area (Å²) in [5.74, 6) is 0.0194. The zero-order valence-electron chi connectivity index (χ0n) is 20.1. The Kier molecular flexibility index (Phi) is 5.61. The van der Waals surface area contributed by atoms with E-state index in [4.69, 9.17) is 9.15 Å². The number of rotatable bonds is 5. The minimum atomic E-state index is -3.85. The van der Waals surface area contributed by atoms with E-state index < -0.39 is 15.9 Å². The van der Waals surface area contributed by atoms with E-state index >= 15 is 0 Å². The van der Waals surface area contributed by atoms with Crippen molar-refractivity contribution >= 4 is 49.2 Å². The summed E-state index contributed by atoms with van der Waals surface area (Å²) < 4.78 is 40.1. The number of hydrogen-bond acceptors (Lipinski definition) is 5. The first-order chi connectivity index (χ1) is 18.0. The SMILES string of the molecule is COc1cc2c(cc1NC(=O)c1cccc(S(=O)(=O)N3CCCc4ccccc43)c1)oc1ccccc12. The van der Waals surface area contributed by atoms with Crippen molar-refractivity contribution < 1.29 is 22.4 Å². The largest absolute Gasteiger partial charge is 0.495 e. The van der Waals surface area contributed by atoms with Gasteiger partial charge in [0, 0.05) is 28.9 Å². The second-order valence-corrected chi connectivity index (χ2v) is 10.8. The fourth-order valence-corrected chi connectivity index (χ4v) is 6.47. The lowest BCUT2D eigenvalue weighted by atomic mass is 10.0. The summed E-state index contributed by atoms with van der Waals surface area (Å²) in [6, 6.07) is 24.8. The molecule has 2 heterocycles. The lowest BCUT2D eigenvalue weighted by Crippen LogP contribution is -2.35. The summed E-state index contributed by atoms with van der Waals surface area (Å²) in [7, 11) is -2.32. The van der Waals surface area contributed by atoms with Gasteiger partial charge in [0.2, 0.25) is 0 Å². The number of hydrogen-bond donors (Lipinski definition) is 1. The van der Waals surface area contributed by atoms with Crippen molar-refractivity contribution in [1.29, 1.82) is 0 Å². The van der Waals surface area contributed by atoms with Crippen LogP contribution >= 0.6 is 0 Å². The van der Waals surface area contributed by atoms with Crippen LogP contribution in [0, 0.1) is 0 Å². The van der Waals surface area contributed by atoms with Gasteiger partial charge in [0.25, 0.3) is 15.9 Å². The molecule has 7 nitrogen and oxygen atoms in total. The molecule has 0 unspecified atom stereocenters. The van der Waals surface area contributed by atoms with Crippen LogP contribution in [0.15, 0.2) is 94.2 Å². The second kappa shape index (κ2) is 8.97. The second-order valence-electron chi connectivity index (χ2n) is 8.94. The van der Waals surface area contributed by atoms with Gasteiger partial charge < -0.3 is 14.5 Å². The molecule has 1 amide bonds. The third-order valence-electron chi connectivity index (χ3n) is 6.70. The molecule has 37 heavy (non-hydrogen) atoms. The molecule has 186 valence electrons. The Morgan fingerprint density at radius 1 is 0.919 bits per heavy atom. The maximum atomic E-state index is 13.6. The van der Waals surface area contributed by atoms with Gasteiger partial charge in [-0.2, -0.15) is 0 Å². The summed E-state index contributed by atoms with van der Waals surface area (Å²) in [6.07, 6.45) is 1.57. The molecular weight excluding hydrogens is 488 g/mol. The van der Waals surface area contributed by atoms with Crippen LogP contribution in [0.1, 0.15) is 22.3 Å². The summed E-state index contributed by atoms with van der Waals surface area (Å²) in [5.41, 5.74) is 3.68. The highest BCUT2D eigenvalue weighted by atomic mass is 32.2. The van der Waals surface area contributed by atoms with Crippen LogP contribution in [0.2, 0.25) is 0 Å². The van der Waals surface area contributed by atoms with Crippen LogP contribution in [0.3, 0.4) is 0 Å². The topological polar surface area (TPSA) is 88.8 Å². The molecule has 1 aliphatic rings. The highest BCUT2D eigenvalue weighted by Crippen LogP contribution is 2.37. The number of anilines is 2. The number of aryl methyl sites for hydroxylation is 1. The maximum Gasteiger partial charge on any atom is 0.264 e. The van der Waals surface area contributed by atoms with Gasteiger partial charge in [-0.1, -0.05) is 42.5 Å². The van der Waals surface area contributed by atoms with E-state index in [0.29, 0.717) is 29.3 Å². The van der Waals surface area contributed by atoms with E-state index in [-0.39, 0.29) is 10.5 Å². The van der Waals surface area contributed by atoms with E-state index in [9.17, 15) is 13.2 Å². The van der Waals surface area contributed by atoms with Crippen molar-refractivity contribution in [2.75, 3.05) is 23.3 Å². The van der Waals surface area contributed by atoms with Gasteiger partial charge in [0.15, 0.2) is 0 Å².